The summed E-state index contributed by atoms with van der Waals surface area (Å²) >= 11 is 0. The van der Waals surface area contributed by atoms with Gasteiger partial charge in [0.05, 0.1) is 0 Å². The predicted molar refractivity (Wildman–Crippen MR) is 142 cm³/mol. The Morgan fingerprint density at radius 1 is 0.944 bits per heavy atom. The molecule has 0 saturated heterocycles. The number of aliphatic carboxylic acids is 1. The second kappa shape index (κ2) is 14.2. The quantitative estimate of drug-likeness (QED) is 0.228. The van der Waals surface area contributed by atoms with Crippen LogP contribution in [0.3, 0.4) is 0 Å². The fraction of sp³-hybridized carbons (Fsp3) is 0.379. The molecule has 0 aromatic heterocycles. The number of carboxylic acids is 1. The highest BCUT2D eigenvalue weighted by molar-refractivity contribution is 5.91. The lowest BCUT2D eigenvalue weighted by molar-refractivity contribution is -0.137. The first-order valence-corrected chi connectivity index (χ1v) is 12.5. The van der Waals surface area contributed by atoms with E-state index in [1.54, 1.807) is 6.07 Å². The van der Waals surface area contributed by atoms with E-state index in [-0.39, 0.29) is 25.0 Å². The van der Waals surface area contributed by atoms with Gasteiger partial charge >= 0.3 is 5.97 Å². The van der Waals surface area contributed by atoms with Crippen LogP contribution in [0.5, 0.6) is 5.75 Å². The van der Waals surface area contributed by atoms with Crippen molar-refractivity contribution in [2.75, 3.05) is 18.5 Å². The van der Waals surface area contributed by atoms with Crippen LogP contribution in [-0.4, -0.2) is 47.4 Å². The Balaban J connectivity index is 1.30. The summed E-state index contributed by atoms with van der Waals surface area (Å²) in [4.78, 5) is 23.2. The number of ether oxygens (including phenoxy) is 1. The van der Waals surface area contributed by atoms with E-state index in [9.17, 15) is 14.7 Å². The first kappa shape index (κ1) is 27.2. The Morgan fingerprint density at radius 2 is 1.69 bits per heavy atom. The number of aryl methyl sites for hydroxylation is 1. The summed E-state index contributed by atoms with van der Waals surface area (Å²) in [6, 6.07) is 21.4. The number of nitrogens with one attached hydrogen (secondary N) is 2. The van der Waals surface area contributed by atoms with Gasteiger partial charge < -0.3 is 25.6 Å². The monoisotopic (exact) mass is 492 g/mol. The molecular formula is C29H36N2O5. The molecule has 0 aliphatic heterocycles. The van der Waals surface area contributed by atoms with Crippen molar-refractivity contribution in [1.29, 1.82) is 0 Å². The lowest BCUT2D eigenvalue weighted by atomic mass is 10.1. The second-order valence-electron chi connectivity index (χ2n) is 9.10. The Labute approximate surface area is 212 Å². The summed E-state index contributed by atoms with van der Waals surface area (Å²) in [5.41, 5.74) is 1.51. The molecule has 0 aliphatic rings. The minimum atomic E-state index is -0.858. The van der Waals surface area contributed by atoms with Gasteiger partial charge in [-0.05, 0) is 49.3 Å². The van der Waals surface area contributed by atoms with Crippen molar-refractivity contribution in [3.05, 3.63) is 72.3 Å². The second-order valence-corrected chi connectivity index (χ2v) is 9.10. The maximum Gasteiger partial charge on any atom is 0.303 e. The van der Waals surface area contributed by atoms with E-state index in [0.29, 0.717) is 25.1 Å². The third kappa shape index (κ3) is 8.98. The highest BCUT2D eigenvalue weighted by Crippen LogP contribution is 2.25. The summed E-state index contributed by atoms with van der Waals surface area (Å²) in [5.74, 6) is -0.161. The average molecular weight is 493 g/mol. The van der Waals surface area contributed by atoms with Crippen molar-refractivity contribution in [2.24, 2.45) is 0 Å². The number of fused-ring (bicyclic) bond motifs is 1. The molecular weight excluding hydrogens is 456 g/mol. The number of unbranched alkanes of at least 4 members (excludes halogenated alkanes) is 1. The van der Waals surface area contributed by atoms with Crippen LogP contribution in [0.1, 0.15) is 44.6 Å². The van der Waals surface area contributed by atoms with Crippen molar-refractivity contribution in [3.8, 4) is 5.75 Å². The van der Waals surface area contributed by atoms with Gasteiger partial charge in [0.15, 0.2) is 0 Å². The van der Waals surface area contributed by atoms with E-state index >= 15 is 0 Å². The molecule has 192 valence electrons. The Bertz CT molecular complexity index is 1130. The molecule has 3 aromatic carbocycles. The minimum Gasteiger partial charge on any atom is -0.490 e. The number of carbonyl (C=O) groups excluding carboxylic acids is 1. The smallest absolute Gasteiger partial charge is 0.303 e. The van der Waals surface area contributed by atoms with E-state index < -0.39 is 12.1 Å². The third-order valence-electron chi connectivity index (χ3n) is 6.07. The molecule has 0 fully saturated rings. The zero-order valence-electron chi connectivity index (χ0n) is 20.8. The summed E-state index contributed by atoms with van der Waals surface area (Å²) < 4.78 is 5.86. The molecule has 0 heterocycles. The third-order valence-corrected chi connectivity index (χ3v) is 6.07. The molecule has 0 bridgehead atoms. The number of hydrogen-bond acceptors (Lipinski definition) is 5. The van der Waals surface area contributed by atoms with Crippen LogP contribution in [-0.2, 0) is 16.0 Å². The van der Waals surface area contributed by atoms with Crippen LogP contribution in [0, 0.1) is 0 Å². The van der Waals surface area contributed by atoms with Gasteiger partial charge in [0, 0.05) is 36.5 Å². The normalized spacial score (nSPS) is 12.7. The van der Waals surface area contributed by atoms with Crippen LogP contribution in [0.15, 0.2) is 66.7 Å². The summed E-state index contributed by atoms with van der Waals surface area (Å²) in [7, 11) is 0. The first-order valence-electron chi connectivity index (χ1n) is 12.5. The number of para-hydroxylation sites is 1. The number of carboxylic acid groups (broad SMARTS) is 1. The molecule has 3 aromatic rings. The zero-order valence-corrected chi connectivity index (χ0v) is 20.8. The largest absolute Gasteiger partial charge is 0.490 e. The molecule has 4 N–H and O–H groups in total. The maximum absolute atomic E-state index is 12.3. The molecule has 3 rings (SSSR count). The van der Waals surface area contributed by atoms with E-state index in [1.165, 1.54) is 0 Å². The van der Waals surface area contributed by atoms with Gasteiger partial charge in [-0.1, -0.05) is 61.0 Å². The topological polar surface area (TPSA) is 108 Å². The van der Waals surface area contributed by atoms with E-state index in [2.05, 4.69) is 17.6 Å². The van der Waals surface area contributed by atoms with Gasteiger partial charge in [0.2, 0.25) is 5.91 Å². The van der Waals surface area contributed by atoms with Crippen molar-refractivity contribution in [1.82, 2.24) is 5.32 Å². The van der Waals surface area contributed by atoms with Crippen LogP contribution >= 0.6 is 0 Å². The number of amides is 1. The van der Waals surface area contributed by atoms with Crippen molar-refractivity contribution in [3.63, 3.8) is 0 Å². The van der Waals surface area contributed by atoms with Crippen LogP contribution in [0.25, 0.3) is 10.8 Å². The van der Waals surface area contributed by atoms with Crippen molar-refractivity contribution < 1.29 is 24.5 Å². The highest BCUT2D eigenvalue weighted by atomic mass is 16.5. The summed E-state index contributed by atoms with van der Waals surface area (Å²) in [6.07, 6.45) is 2.71. The maximum atomic E-state index is 12.3. The molecule has 1 amide bonds. The molecule has 2 unspecified atom stereocenters. The number of benzene rings is 3. The van der Waals surface area contributed by atoms with Gasteiger partial charge in [-0.2, -0.15) is 0 Å². The van der Waals surface area contributed by atoms with Gasteiger partial charge in [0.1, 0.15) is 18.5 Å². The van der Waals surface area contributed by atoms with Crippen molar-refractivity contribution >= 4 is 28.3 Å². The highest BCUT2D eigenvalue weighted by Gasteiger charge is 2.11. The SMILES string of the molecule is CC(CCCCC(=O)Nc1ccccc1CCC(=O)O)NCC(O)COc1cccc2ccccc12. The van der Waals surface area contributed by atoms with E-state index in [0.717, 1.165) is 41.3 Å². The summed E-state index contributed by atoms with van der Waals surface area (Å²) in [6.45, 7) is 2.71. The molecule has 2 atom stereocenters. The van der Waals surface area contributed by atoms with Crippen LogP contribution < -0.4 is 15.4 Å². The standard InChI is InChI=1S/C29H36N2O5/c1-21(30-19-24(32)20-36-27-15-8-12-22-10-3-5-13-25(22)27)9-2-7-16-28(33)31-26-14-6-4-11-23(26)17-18-29(34)35/h3-6,8,10-15,21,24,30,32H,2,7,9,16-20H2,1H3,(H,31,33)(H,34,35). The van der Waals surface area contributed by atoms with E-state index in [1.807, 2.05) is 60.7 Å². The minimum absolute atomic E-state index is 0.0295. The van der Waals surface area contributed by atoms with Crippen LogP contribution in [0.2, 0.25) is 0 Å². The number of aliphatic hydroxyl groups is 1. The van der Waals surface area contributed by atoms with Gasteiger partial charge in [0.25, 0.3) is 0 Å². The van der Waals surface area contributed by atoms with Crippen LogP contribution in [0.4, 0.5) is 5.69 Å². The predicted octanol–water partition coefficient (Wildman–Crippen LogP) is 4.77. The van der Waals surface area contributed by atoms with Gasteiger partial charge in [-0.25, -0.2) is 0 Å². The van der Waals surface area contributed by atoms with Gasteiger partial charge in [-0.15, -0.1) is 0 Å². The molecule has 0 aliphatic carbocycles. The fourth-order valence-electron chi connectivity index (χ4n) is 4.06. The Morgan fingerprint density at radius 3 is 2.53 bits per heavy atom. The van der Waals surface area contributed by atoms with E-state index in [4.69, 9.17) is 9.84 Å². The average Bonchev–Trinajstić information content (AvgIpc) is 2.88. The van der Waals surface area contributed by atoms with Gasteiger partial charge in [-0.3, -0.25) is 9.59 Å². The molecule has 7 heteroatoms. The summed E-state index contributed by atoms with van der Waals surface area (Å²) in [5, 5.41) is 27.6. The molecule has 36 heavy (non-hydrogen) atoms. The number of carbonyl (C=O) groups is 2. The fourth-order valence-corrected chi connectivity index (χ4v) is 4.06. The number of anilines is 1. The Hall–Kier alpha value is -3.42. The first-order chi connectivity index (χ1) is 17.4. The zero-order chi connectivity index (χ0) is 25.8. The molecule has 0 radical (unpaired) electrons. The number of aliphatic hydroxyl groups excluding tert-OH is 1. The lowest BCUT2D eigenvalue weighted by Gasteiger charge is -2.18. The molecule has 0 saturated carbocycles. The molecule has 0 spiro atoms. The number of rotatable bonds is 15. The number of hydrogen-bond donors (Lipinski definition) is 4. The Kier molecular flexibility index (Phi) is 10.7. The lowest BCUT2D eigenvalue weighted by Crippen LogP contribution is -2.36. The molecule has 7 nitrogen and oxygen atoms in total. The van der Waals surface area contributed by atoms with Crippen molar-refractivity contribution in [2.45, 2.75) is 57.6 Å².